The minimum atomic E-state index is -0.440. The summed E-state index contributed by atoms with van der Waals surface area (Å²) in [4.78, 5) is 14.3. The number of carbonyl (C=O) groups excluding carboxylic acids is 1. The van der Waals surface area contributed by atoms with Crippen molar-refractivity contribution in [1.82, 2.24) is 19.2 Å². The van der Waals surface area contributed by atoms with E-state index in [-0.39, 0.29) is 12.5 Å². The Morgan fingerprint density at radius 2 is 1.87 bits per heavy atom. The highest BCUT2D eigenvalue weighted by Crippen LogP contribution is 2.31. The molecule has 0 N–H and O–H groups in total. The highest BCUT2D eigenvalue weighted by molar-refractivity contribution is 5.76. The van der Waals surface area contributed by atoms with Crippen molar-refractivity contribution in [2.45, 2.75) is 25.2 Å². The van der Waals surface area contributed by atoms with Gasteiger partial charge < -0.3 is 18.9 Å². The molecule has 2 aromatic rings. The van der Waals surface area contributed by atoms with Crippen molar-refractivity contribution in [1.29, 1.82) is 0 Å². The highest BCUT2D eigenvalue weighted by atomic mass is 16.7. The number of carbonyl (C=O) groups is 1. The quantitative estimate of drug-likeness (QED) is 0.849. The molecule has 122 valence electrons. The first kappa shape index (κ1) is 14.5. The molecule has 0 unspecified atom stereocenters. The van der Waals surface area contributed by atoms with Gasteiger partial charge in [-0.25, -0.2) is 0 Å². The average Bonchev–Trinajstić information content (AvgIpc) is 3.29. The van der Waals surface area contributed by atoms with Crippen LogP contribution in [0.25, 0.3) is 5.69 Å². The van der Waals surface area contributed by atoms with E-state index < -0.39 is 5.79 Å². The maximum atomic E-state index is 12.4. The van der Waals surface area contributed by atoms with E-state index in [4.69, 9.17) is 9.47 Å². The molecule has 0 bridgehead atoms. The second-order valence-electron chi connectivity index (χ2n) is 5.97. The Labute approximate surface area is 134 Å². The molecule has 4 rings (SSSR count). The van der Waals surface area contributed by atoms with Crippen molar-refractivity contribution in [2.24, 2.45) is 0 Å². The van der Waals surface area contributed by atoms with Gasteiger partial charge in [0, 0.05) is 44.5 Å². The number of likely N-dealkylation sites (tertiary alicyclic amines) is 1. The summed E-state index contributed by atoms with van der Waals surface area (Å²) in [6, 6.07) is 3.92. The zero-order valence-corrected chi connectivity index (χ0v) is 12.9. The molecular weight excluding hydrogens is 296 g/mol. The molecule has 0 atom stereocenters. The Morgan fingerprint density at radius 1 is 1.17 bits per heavy atom. The molecule has 2 aliphatic heterocycles. The average molecular weight is 316 g/mol. The molecule has 0 saturated carbocycles. The van der Waals surface area contributed by atoms with Crippen LogP contribution >= 0.6 is 0 Å². The summed E-state index contributed by atoms with van der Waals surface area (Å²) in [6.45, 7) is 2.91. The van der Waals surface area contributed by atoms with E-state index in [2.05, 4.69) is 5.10 Å². The van der Waals surface area contributed by atoms with Gasteiger partial charge in [-0.3, -0.25) is 9.48 Å². The molecule has 7 heteroatoms. The second kappa shape index (κ2) is 5.82. The summed E-state index contributed by atoms with van der Waals surface area (Å²) in [5.41, 5.74) is 0.952. The largest absolute Gasteiger partial charge is 0.347 e. The van der Waals surface area contributed by atoms with Gasteiger partial charge in [0.2, 0.25) is 5.91 Å². The topological polar surface area (TPSA) is 61.5 Å². The number of hydrogen-bond donors (Lipinski definition) is 0. The predicted molar refractivity (Wildman–Crippen MR) is 82.0 cm³/mol. The second-order valence-corrected chi connectivity index (χ2v) is 5.97. The van der Waals surface area contributed by atoms with Gasteiger partial charge >= 0.3 is 0 Å². The zero-order chi connectivity index (χ0) is 15.7. The van der Waals surface area contributed by atoms with Crippen LogP contribution in [0.2, 0.25) is 0 Å². The molecule has 0 aliphatic carbocycles. The molecule has 1 spiro atoms. The third-order valence-electron chi connectivity index (χ3n) is 4.51. The predicted octanol–water partition coefficient (Wildman–Crippen LogP) is 1.04. The molecule has 23 heavy (non-hydrogen) atoms. The SMILES string of the molecule is O=C(Cn1cc(-n2cccc2)cn1)N1CCC2(CC1)OCCO2. The van der Waals surface area contributed by atoms with E-state index in [0.29, 0.717) is 26.3 Å². The standard InChI is InChI=1S/C16H20N4O3/c21-15(19-7-3-16(4-8-19)22-9-10-23-16)13-20-12-14(11-17-20)18-5-1-2-6-18/h1-2,5-6,11-12H,3-4,7-10,13H2. The first-order chi connectivity index (χ1) is 11.2. The Hall–Kier alpha value is -2.12. The van der Waals surface area contributed by atoms with Crippen LogP contribution in [0, 0.1) is 0 Å². The maximum Gasteiger partial charge on any atom is 0.244 e. The Morgan fingerprint density at radius 3 is 2.57 bits per heavy atom. The molecule has 2 aliphatic rings. The third-order valence-corrected chi connectivity index (χ3v) is 4.51. The van der Waals surface area contributed by atoms with Crippen LogP contribution in [0.1, 0.15) is 12.8 Å². The van der Waals surface area contributed by atoms with Crippen LogP contribution in [0.3, 0.4) is 0 Å². The van der Waals surface area contributed by atoms with Crippen LogP contribution in [-0.2, 0) is 20.8 Å². The van der Waals surface area contributed by atoms with Crippen molar-refractivity contribution in [3.63, 3.8) is 0 Å². The molecule has 2 aromatic heterocycles. The molecule has 2 saturated heterocycles. The third kappa shape index (κ3) is 2.89. The van der Waals surface area contributed by atoms with Crippen molar-refractivity contribution in [3.05, 3.63) is 36.9 Å². The van der Waals surface area contributed by atoms with Gasteiger partial charge in [-0.1, -0.05) is 0 Å². The van der Waals surface area contributed by atoms with Crippen molar-refractivity contribution >= 4 is 5.91 Å². The fourth-order valence-electron chi connectivity index (χ4n) is 3.20. The van der Waals surface area contributed by atoms with Gasteiger partial charge in [0.05, 0.1) is 25.1 Å². The monoisotopic (exact) mass is 316 g/mol. The lowest BCUT2D eigenvalue weighted by atomic mass is 10.0. The number of rotatable bonds is 3. The number of ether oxygens (including phenoxy) is 2. The van der Waals surface area contributed by atoms with Crippen LogP contribution in [0.15, 0.2) is 36.9 Å². The van der Waals surface area contributed by atoms with Gasteiger partial charge in [0.25, 0.3) is 0 Å². The first-order valence-electron chi connectivity index (χ1n) is 7.96. The lowest BCUT2D eigenvalue weighted by molar-refractivity contribution is -0.187. The molecule has 0 radical (unpaired) electrons. The maximum absolute atomic E-state index is 12.4. The molecule has 7 nitrogen and oxygen atoms in total. The Bertz CT molecular complexity index is 663. The van der Waals surface area contributed by atoms with E-state index in [1.165, 1.54) is 0 Å². The van der Waals surface area contributed by atoms with Crippen LogP contribution in [0.4, 0.5) is 0 Å². The number of piperidine rings is 1. The lowest BCUT2D eigenvalue weighted by Crippen LogP contribution is -2.48. The van der Waals surface area contributed by atoms with E-state index in [1.807, 2.05) is 40.2 Å². The van der Waals surface area contributed by atoms with Crippen LogP contribution < -0.4 is 0 Å². The van der Waals surface area contributed by atoms with Crippen molar-refractivity contribution < 1.29 is 14.3 Å². The van der Waals surface area contributed by atoms with E-state index >= 15 is 0 Å². The minimum Gasteiger partial charge on any atom is -0.347 e. The number of nitrogens with zero attached hydrogens (tertiary/aromatic N) is 4. The van der Waals surface area contributed by atoms with Gasteiger partial charge in [0.1, 0.15) is 6.54 Å². The minimum absolute atomic E-state index is 0.0833. The number of hydrogen-bond acceptors (Lipinski definition) is 4. The molecule has 4 heterocycles. The first-order valence-corrected chi connectivity index (χ1v) is 7.96. The van der Waals surface area contributed by atoms with E-state index in [0.717, 1.165) is 18.5 Å². The van der Waals surface area contributed by atoms with Gasteiger partial charge in [0.15, 0.2) is 5.79 Å². The summed E-state index contributed by atoms with van der Waals surface area (Å²) in [6.07, 6.45) is 9.04. The van der Waals surface area contributed by atoms with Crippen molar-refractivity contribution in [2.75, 3.05) is 26.3 Å². The fourth-order valence-corrected chi connectivity index (χ4v) is 3.20. The van der Waals surface area contributed by atoms with Gasteiger partial charge in [-0.05, 0) is 12.1 Å². The zero-order valence-electron chi connectivity index (χ0n) is 12.9. The smallest absolute Gasteiger partial charge is 0.244 e. The number of aromatic nitrogens is 3. The molecule has 2 fully saturated rings. The summed E-state index contributed by atoms with van der Waals surface area (Å²) < 4.78 is 15.0. The van der Waals surface area contributed by atoms with Crippen LogP contribution in [-0.4, -0.2) is 57.2 Å². The van der Waals surface area contributed by atoms with Crippen LogP contribution in [0.5, 0.6) is 0 Å². The molecule has 1 amide bonds. The van der Waals surface area contributed by atoms with Gasteiger partial charge in [-0.2, -0.15) is 5.10 Å². The highest BCUT2D eigenvalue weighted by Gasteiger charge is 2.40. The Kier molecular flexibility index (Phi) is 3.66. The summed E-state index contributed by atoms with van der Waals surface area (Å²) in [7, 11) is 0. The number of amides is 1. The normalized spacial score (nSPS) is 20.3. The molecular formula is C16H20N4O3. The summed E-state index contributed by atoms with van der Waals surface area (Å²) in [5.74, 6) is -0.357. The molecule has 0 aromatic carbocycles. The van der Waals surface area contributed by atoms with Gasteiger partial charge in [-0.15, -0.1) is 0 Å². The van der Waals surface area contributed by atoms with E-state index in [1.54, 1.807) is 10.9 Å². The summed E-state index contributed by atoms with van der Waals surface area (Å²) in [5, 5.41) is 4.28. The van der Waals surface area contributed by atoms with Crippen molar-refractivity contribution in [3.8, 4) is 5.69 Å². The Balaban J connectivity index is 1.35. The lowest BCUT2D eigenvalue weighted by Gasteiger charge is -2.37. The summed E-state index contributed by atoms with van der Waals surface area (Å²) >= 11 is 0. The fraction of sp³-hybridized carbons (Fsp3) is 0.500. The van der Waals surface area contributed by atoms with E-state index in [9.17, 15) is 4.79 Å².